The summed E-state index contributed by atoms with van der Waals surface area (Å²) in [7, 11) is -2.66. The van der Waals surface area contributed by atoms with Crippen LogP contribution in [-0.2, 0) is 10.1 Å². The zero-order valence-electron chi connectivity index (χ0n) is 16.8. The zero-order chi connectivity index (χ0) is 22.4. The molecule has 31 heavy (non-hydrogen) atoms. The maximum Gasteiger partial charge on any atom is 0.339 e. The van der Waals surface area contributed by atoms with Crippen LogP contribution in [0.4, 0.5) is 0 Å². The monoisotopic (exact) mass is 440 g/mol. The Morgan fingerprint density at radius 1 is 1.03 bits per heavy atom. The van der Waals surface area contributed by atoms with Gasteiger partial charge in [-0.25, -0.2) is 5.43 Å². The number of hydrogen-bond acceptors (Lipinski definition) is 7. The number of ether oxygens (including phenoxy) is 1. The predicted molar refractivity (Wildman–Crippen MR) is 115 cm³/mol. The number of aromatic hydroxyl groups is 1. The van der Waals surface area contributed by atoms with Crippen molar-refractivity contribution in [2.24, 2.45) is 5.10 Å². The van der Waals surface area contributed by atoms with Gasteiger partial charge in [0.05, 0.1) is 18.9 Å². The number of amides is 1. The Balaban J connectivity index is 1.74. The van der Waals surface area contributed by atoms with E-state index in [4.69, 9.17) is 8.92 Å². The molecular weight excluding hydrogens is 420 g/mol. The molecule has 0 aliphatic carbocycles. The van der Waals surface area contributed by atoms with E-state index in [0.29, 0.717) is 5.56 Å². The Labute approximate surface area is 179 Å². The van der Waals surface area contributed by atoms with Crippen LogP contribution in [0.3, 0.4) is 0 Å². The van der Waals surface area contributed by atoms with E-state index in [1.54, 1.807) is 30.3 Å². The quantitative estimate of drug-likeness (QED) is 0.331. The number of carbonyl (C=O) groups is 1. The van der Waals surface area contributed by atoms with Gasteiger partial charge in [-0.3, -0.25) is 4.79 Å². The molecular formula is C22H20N2O6S. The summed E-state index contributed by atoms with van der Waals surface area (Å²) in [6, 6.07) is 16.8. The summed E-state index contributed by atoms with van der Waals surface area (Å²) in [4.78, 5) is 12.1. The molecule has 0 aromatic heterocycles. The lowest BCUT2D eigenvalue weighted by molar-refractivity contribution is 0.0952. The van der Waals surface area contributed by atoms with E-state index >= 15 is 0 Å². The summed E-state index contributed by atoms with van der Waals surface area (Å²) in [5, 5.41) is 13.5. The topological polar surface area (TPSA) is 114 Å². The molecule has 2 N–H and O–H groups in total. The van der Waals surface area contributed by atoms with E-state index in [9.17, 15) is 18.3 Å². The third kappa shape index (κ3) is 5.40. The van der Waals surface area contributed by atoms with Crippen LogP contribution in [0.5, 0.6) is 17.2 Å². The molecule has 0 radical (unpaired) electrons. The second kappa shape index (κ2) is 9.31. The van der Waals surface area contributed by atoms with E-state index in [-0.39, 0.29) is 27.7 Å². The molecule has 160 valence electrons. The predicted octanol–water partition coefficient (Wildman–Crippen LogP) is 3.24. The number of rotatable bonds is 7. The van der Waals surface area contributed by atoms with Gasteiger partial charge in [0.2, 0.25) is 0 Å². The van der Waals surface area contributed by atoms with Crippen LogP contribution >= 0.6 is 0 Å². The Kier molecular flexibility index (Phi) is 6.56. The van der Waals surface area contributed by atoms with Crippen molar-refractivity contribution in [3.63, 3.8) is 0 Å². The number of benzene rings is 3. The molecule has 0 bridgehead atoms. The fourth-order valence-electron chi connectivity index (χ4n) is 2.60. The second-order valence-corrected chi connectivity index (χ2v) is 8.02. The average molecular weight is 440 g/mol. The zero-order valence-corrected chi connectivity index (χ0v) is 17.6. The van der Waals surface area contributed by atoms with Crippen molar-refractivity contribution in [2.45, 2.75) is 11.8 Å². The molecule has 0 heterocycles. The third-order valence-electron chi connectivity index (χ3n) is 4.23. The van der Waals surface area contributed by atoms with Gasteiger partial charge in [0.25, 0.3) is 5.91 Å². The van der Waals surface area contributed by atoms with Crippen LogP contribution < -0.4 is 14.3 Å². The molecule has 0 atom stereocenters. The number of methoxy groups -OCH3 is 1. The van der Waals surface area contributed by atoms with Gasteiger partial charge >= 0.3 is 10.1 Å². The summed E-state index contributed by atoms with van der Waals surface area (Å²) in [5.41, 5.74) is 3.84. The molecule has 0 spiro atoms. The van der Waals surface area contributed by atoms with Crippen molar-refractivity contribution in [3.05, 3.63) is 83.4 Å². The molecule has 8 nitrogen and oxygen atoms in total. The van der Waals surface area contributed by atoms with Gasteiger partial charge in [0.15, 0.2) is 11.5 Å². The highest BCUT2D eigenvalue weighted by Gasteiger charge is 2.19. The molecule has 0 fully saturated rings. The summed E-state index contributed by atoms with van der Waals surface area (Å²) in [5.74, 6) is -0.552. The highest BCUT2D eigenvalue weighted by Crippen LogP contribution is 2.30. The number of hydrogen-bond donors (Lipinski definition) is 2. The second-order valence-electron chi connectivity index (χ2n) is 6.48. The highest BCUT2D eigenvalue weighted by atomic mass is 32.2. The molecule has 0 aliphatic rings. The lowest BCUT2D eigenvalue weighted by Crippen LogP contribution is -2.17. The lowest BCUT2D eigenvalue weighted by Gasteiger charge is -2.11. The molecule has 3 rings (SSSR count). The van der Waals surface area contributed by atoms with Crippen molar-refractivity contribution in [2.75, 3.05) is 7.11 Å². The van der Waals surface area contributed by atoms with Crippen LogP contribution in [0.2, 0.25) is 0 Å². The van der Waals surface area contributed by atoms with Gasteiger partial charge in [0, 0.05) is 0 Å². The van der Waals surface area contributed by atoms with E-state index in [1.807, 2.05) is 6.92 Å². The molecule has 0 saturated heterocycles. The van der Waals surface area contributed by atoms with Crippen LogP contribution in [0.1, 0.15) is 21.5 Å². The van der Waals surface area contributed by atoms with Gasteiger partial charge in [-0.05, 0) is 55.0 Å². The number of carbonyl (C=O) groups excluding carboxylic acids is 1. The molecule has 1 amide bonds. The van der Waals surface area contributed by atoms with Gasteiger partial charge < -0.3 is 14.0 Å². The maximum atomic E-state index is 12.5. The van der Waals surface area contributed by atoms with Gasteiger partial charge in [-0.1, -0.05) is 29.8 Å². The van der Waals surface area contributed by atoms with Gasteiger partial charge in [-0.2, -0.15) is 13.5 Å². The number of aryl methyl sites for hydroxylation is 1. The number of nitrogens with one attached hydrogen (secondary N) is 1. The Morgan fingerprint density at radius 3 is 2.42 bits per heavy atom. The minimum absolute atomic E-state index is 0.0125. The first-order chi connectivity index (χ1) is 14.8. The van der Waals surface area contributed by atoms with E-state index in [0.717, 1.165) is 5.56 Å². The van der Waals surface area contributed by atoms with Crippen molar-refractivity contribution in [1.82, 2.24) is 5.43 Å². The SMILES string of the molecule is COc1cc(/C=N\NC(=O)c2ccccc2O)ccc1OS(=O)(=O)c1ccc(C)cc1. The summed E-state index contributed by atoms with van der Waals surface area (Å²) < 4.78 is 35.5. The van der Waals surface area contributed by atoms with Gasteiger partial charge in [0.1, 0.15) is 10.6 Å². The highest BCUT2D eigenvalue weighted by molar-refractivity contribution is 7.87. The molecule has 3 aromatic carbocycles. The minimum atomic E-state index is -4.03. The number of para-hydroxylation sites is 1. The summed E-state index contributed by atoms with van der Waals surface area (Å²) in [6.07, 6.45) is 1.35. The minimum Gasteiger partial charge on any atom is -0.507 e. The van der Waals surface area contributed by atoms with E-state index < -0.39 is 16.0 Å². The number of phenols is 1. The van der Waals surface area contributed by atoms with Gasteiger partial charge in [-0.15, -0.1) is 0 Å². The van der Waals surface area contributed by atoms with Crippen LogP contribution in [0.25, 0.3) is 0 Å². The molecule has 0 unspecified atom stereocenters. The molecule has 0 aliphatic heterocycles. The fraction of sp³-hybridized carbons (Fsp3) is 0.0909. The Bertz CT molecular complexity index is 1220. The first-order valence-electron chi connectivity index (χ1n) is 9.11. The first kappa shape index (κ1) is 21.8. The fourth-order valence-corrected chi connectivity index (χ4v) is 3.54. The summed E-state index contributed by atoms with van der Waals surface area (Å²) in [6.45, 7) is 1.85. The average Bonchev–Trinajstić information content (AvgIpc) is 2.75. The molecule has 9 heteroatoms. The van der Waals surface area contributed by atoms with E-state index in [1.165, 1.54) is 49.7 Å². The smallest absolute Gasteiger partial charge is 0.339 e. The normalized spacial score (nSPS) is 11.3. The Hall–Kier alpha value is -3.85. The van der Waals surface area contributed by atoms with Crippen molar-refractivity contribution in [3.8, 4) is 17.2 Å². The van der Waals surface area contributed by atoms with Crippen molar-refractivity contribution < 1.29 is 27.2 Å². The summed E-state index contributed by atoms with van der Waals surface area (Å²) >= 11 is 0. The first-order valence-corrected chi connectivity index (χ1v) is 10.5. The lowest BCUT2D eigenvalue weighted by atomic mass is 10.2. The maximum absolute atomic E-state index is 12.5. The largest absolute Gasteiger partial charge is 0.507 e. The third-order valence-corrected chi connectivity index (χ3v) is 5.47. The van der Waals surface area contributed by atoms with Crippen molar-refractivity contribution >= 4 is 22.2 Å². The van der Waals surface area contributed by atoms with Crippen LogP contribution in [-0.4, -0.2) is 32.8 Å². The molecule has 3 aromatic rings. The van der Waals surface area contributed by atoms with Crippen molar-refractivity contribution in [1.29, 1.82) is 0 Å². The number of hydrazone groups is 1. The molecule has 0 saturated carbocycles. The van der Waals surface area contributed by atoms with Crippen LogP contribution in [0, 0.1) is 6.92 Å². The Morgan fingerprint density at radius 2 is 1.74 bits per heavy atom. The number of nitrogens with zero attached hydrogens (tertiary/aromatic N) is 1. The van der Waals surface area contributed by atoms with E-state index in [2.05, 4.69) is 10.5 Å². The van der Waals surface area contributed by atoms with Crippen LogP contribution in [0.15, 0.2) is 76.7 Å². The number of phenolic OH excluding ortho intramolecular Hbond substituents is 1. The standard InChI is InChI=1S/C22H20N2O6S/c1-15-7-10-17(11-8-15)31(27,28)30-20-12-9-16(13-21(20)29-2)14-23-24-22(26)18-5-3-4-6-19(18)25/h3-14,25H,1-2H3,(H,24,26)/b23-14-.